The van der Waals surface area contributed by atoms with Crippen LogP contribution in [0.4, 0.5) is 4.79 Å². The Labute approximate surface area is 137 Å². The van der Waals surface area contributed by atoms with E-state index in [1.54, 1.807) is 0 Å². The lowest BCUT2D eigenvalue weighted by Gasteiger charge is -2.39. The highest BCUT2D eigenvalue weighted by Crippen LogP contribution is 2.25. The Morgan fingerprint density at radius 2 is 1.74 bits per heavy atom. The molecule has 0 atom stereocenters. The molecule has 1 aromatic rings. The number of benzene rings is 1. The van der Waals surface area contributed by atoms with Crippen LogP contribution >= 0.6 is 0 Å². The second-order valence-corrected chi connectivity index (χ2v) is 6.74. The molecular formula is C18H26N2O3. The maximum absolute atomic E-state index is 11.8. The van der Waals surface area contributed by atoms with Gasteiger partial charge >= 0.3 is 6.09 Å². The lowest BCUT2D eigenvalue weighted by atomic mass is 9.84. The van der Waals surface area contributed by atoms with Gasteiger partial charge in [-0.15, -0.1) is 0 Å². The number of aliphatic hydroxyl groups excluding tert-OH is 1. The maximum atomic E-state index is 11.8. The highest BCUT2D eigenvalue weighted by atomic mass is 16.5. The fourth-order valence-corrected chi connectivity index (χ4v) is 3.38. The molecule has 0 aromatic heterocycles. The van der Waals surface area contributed by atoms with Crippen molar-refractivity contribution in [2.45, 2.75) is 69.4 Å². The summed E-state index contributed by atoms with van der Waals surface area (Å²) in [7, 11) is 0. The number of amides is 1. The first-order valence-electron chi connectivity index (χ1n) is 8.60. The predicted octanol–water partition coefficient (Wildman–Crippen LogP) is 2.34. The van der Waals surface area contributed by atoms with Crippen LogP contribution in [0.5, 0.6) is 0 Å². The monoisotopic (exact) mass is 318 g/mol. The lowest BCUT2D eigenvalue weighted by Crippen LogP contribution is -2.55. The highest BCUT2D eigenvalue weighted by Gasteiger charge is 2.32. The van der Waals surface area contributed by atoms with Crippen LogP contribution in [-0.2, 0) is 11.3 Å². The van der Waals surface area contributed by atoms with Crippen LogP contribution in [0.15, 0.2) is 30.3 Å². The Hall–Kier alpha value is -1.59. The van der Waals surface area contributed by atoms with Gasteiger partial charge < -0.3 is 20.5 Å². The van der Waals surface area contributed by atoms with Gasteiger partial charge in [-0.25, -0.2) is 4.79 Å². The first-order valence-corrected chi connectivity index (χ1v) is 8.60. The molecule has 2 aliphatic carbocycles. The van der Waals surface area contributed by atoms with Gasteiger partial charge in [-0.2, -0.15) is 0 Å². The van der Waals surface area contributed by atoms with E-state index in [9.17, 15) is 9.90 Å². The minimum Gasteiger partial charge on any atom is -0.445 e. The molecule has 1 amide bonds. The Balaban J connectivity index is 1.28. The Bertz CT molecular complexity index is 494. The number of aliphatic hydroxyl groups is 1. The third-order valence-corrected chi connectivity index (χ3v) is 4.84. The molecule has 5 heteroatoms. The van der Waals surface area contributed by atoms with Crippen LogP contribution in [0.3, 0.4) is 0 Å². The van der Waals surface area contributed by atoms with E-state index in [1.165, 1.54) is 0 Å². The van der Waals surface area contributed by atoms with E-state index in [2.05, 4.69) is 10.6 Å². The normalized spacial score (nSPS) is 30.3. The summed E-state index contributed by atoms with van der Waals surface area (Å²) in [4.78, 5) is 11.8. The van der Waals surface area contributed by atoms with E-state index >= 15 is 0 Å². The van der Waals surface area contributed by atoms with Gasteiger partial charge in [0.15, 0.2) is 0 Å². The zero-order valence-electron chi connectivity index (χ0n) is 13.4. The summed E-state index contributed by atoms with van der Waals surface area (Å²) in [6.07, 6.45) is 5.37. The van der Waals surface area contributed by atoms with Crippen molar-refractivity contribution < 1.29 is 14.6 Å². The third kappa shape index (κ3) is 4.94. The molecule has 0 saturated heterocycles. The zero-order valence-corrected chi connectivity index (χ0v) is 13.4. The number of alkyl carbamates (subject to hydrolysis) is 1. The third-order valence-electron chi connectivity index (χ3n) is 4.84. The van der Waals surface area contributed by atoms with Gasteiger partial charge in [0, 0.05) is 18.1 Å². The number of carbonyl (C=O) groups is 1. The van der Waals surface area contributed by atoms with Gasteiger partial charge in [-0.3, -0.25) is 0 Å². The van der Waals surface area contributed by atoms with Gasteiger partial charge in [0.25, 0.3) is 0 Å². The zero-order chi connectivity index (χ0) is 16.1. The van der Waals surface area contributed by atoms with Crippen molar-refractivity contribution in [3.05, 3.63) is 35.9 Å². The Kier molecular flexibility index (Phi) is 5.51. The van der Waals surface area contributed by atoms with Crippen LogP contribution in [0.1, 0.15) is 44.1 Å². The number of ether oxygens (including phenoxy) is 1. The SMILES string of the molecule is O=C(NC1CC(NC2CCC(O)CC2)C1)OCc1ccccc1. The summed E-state index contributed by atoms with van der Waals surface area (Å²) in [5.74, 6) is 0. The van der Waals surface area contributed by atoms with Crippen molar-refractivity contribution in [2.75, 3.05) is 0 Å². The minimum absolute atomic E-state index is 0.108. The Morgan fingerprint density at radius 1 is 1.04 bits per heavy atom. The molecule has 5 nitrogen and oxygen atoms in total. The molecule has 2 saturated carbocycles. The van der Waals surface area contributed by atoms with E-state index in [4.69, 9.17) is 4.74 Å². The van der Waals surface area contributed by atoms with Gasteiger partial charge in [0.2, 0.25) is 0 Å². The first-order chi connectivity index (χ1) is 11.2. The Morgan fingerprint density at radius 3 is 2.43 bits per heavy atom. The number of nitrogens with one attached hydrogen (secondary N) is 2. The number of rotatable bonds is 5. The molecule has 126 valence electrons. The van der Waals surface area contributed by atoms with Crippen LogP contribution in [0.25, 0.3) is 0 Å². The van der Waals surface area contributed by atoms with E-state index < -0.39 is 0 Å². The topological polar surface area (TPSA) is 70.6 Å². The fraction of sp³-hybridized carbons (Fsp3) is 0.611. The molecule has 0 bridgehead atoms. The summed E-state index contributed by atoms with van der Waals surface area (Å²) in [5, 5.41) is 16.1. The van der Waals surface area contributed by atoms with Gasteiger partial charge in [-0.05, 0) is 44.1 Å². The van der Waals surface area contributed by atoms with Gasteiger partial charge in [0.1, 0.15) is 6.61 Å². The summed E-state index contributed by atoms with van der Waals surface area (Å²) in [6, 6.07) is 10.9. The van der Waals surface area contributed by atoms with E-state index in [1.807, 2.05) is 30.3 Å². The maximum Gasteiger partial charge on any atom is 0.407 e. The molecule has 0 aliphatic heterocycles. The number of hydrogen-bond donors (Lipinski definition) is 3. The number of hydrogen-bond acceptors (Lipinski definition) is 4. The van der Waals surface area contributed by atoms with Crippen molar-refractivity contribution in [3.8, 4) is 0 Å². The molecule has 1 aromatic carbocycles. The largest absolute Gasteiger partial charge is 0.445 e. The molecule has 0 heterocycles. The van der Waals surface area contributed by atoms with E-state index in [0.717, 1.165) is 44.1 Å². The van der Waals surface area contributed by atoms with E-state index in [-0.39, 0.29) is 18.2 Å². The molecule has 0 radical (unpaired) electrons. The summed E-state index contributed by atoms with van der Waals surface area (Å²) in [6.45, 7) is 0.311. The fourth-order valence-electron chi connectivity index (χ4n) is 3.38. The van der Waals surface area contributed by atoms with Crippen molar-refractivity contribution in [3.63, 3.8) is 0 Å². The molecule has 23 heavy (non-hydrogen) atoms. The molecule has 2 aliphatic rings. The molecule has 3 N–H and O–H groups in total. The van der Waals surface area contributed by atoms with Crippen LogP contribution in [-0.4, -0.2) is 35.4 Å². The summed E-state index contributed by atoms with van der Waals surface area (Å²) >= 11 is 0. The minimum atomic E-state index is -0.335. The van der Waals surface area contributed by atoms with Crippen molar-refractivity contribution in [2.24, 2.45) is 0 Å². The van der Waals surface area contributed by atoms with Crippen molar-refractivity contribution in [1.82, 2.24) is 10.6 Å². The highest BCUT2D eigenvalue weighted by molar-refractivity contribution is 5.67. The molecular weight excluding hydrogens is 292 g/mol. The predicted molar refractivity (Wildman–Crippen MR) is 88.0 cm³/mol. The summed E-state index contributed by atoms with van der Waals surface area (Å²) in [5.41, 5.74) is 0.996. The van der Waals surface area contributed by atoms with Crippen molar-refractivity contribution in [1.29, 1.82) is 0 Å². The second-order valence-electron chi connectivity index (χ2n) is 6.74. The molecule has 0 spiro atoms. The molecule has 3 rings (SSSR count). The van der Waals surface area contributed by atoms with Crippen LogP contribution in [0, 0.1) is 0 Å². The average molecular weight is 318 g/mol. The standard InChI is InChI=1S/C18H26N2O3/c21-17-8-6-14(7-9-17)19-15-10-16(11-15)20-18(22)23-12-13-4-2-1-3-5-13/h1-5,14-17,19,21H,6-12H2,(H,20,22). The van der Waals surface area contributed by atoms with Crippen LogP contribution in [0.2, 0.25) is 0 Å². The smallest absolute Gasteiger partial charge is 0.407 e. The van der Waals surface area contributed by atoms with Gasteiger partial charge in [0.05, 0.1) is 6.10 Å². The second kappa shape index (κ2) is 7.79. The van der Waals surface area contributed by atoms with E-state index in [0.29, 0.717) is 18.7 Å². The lowest BCUT2D eigenvalue weighted by molar-refractivity contribution is 0.103. The van der Waals surface area contributed by atoms with Gasteiger partial charge in [-0.1, -0.05) is 30.3 Å². The van der Waals surface area contributed by atoms with Crippen molar-refractivity contribution >= 4 is 6.09 Å². The number of carbonyl (C=O) groups excluding carboxylic acids is 1. The van der Waals surface area contributed by atoms with Crippen LogP contribution < -0.4 is 10.6 Å². The molecule has 2 fully saturated rings. The summed E-state index contributed by atoms with van der Waals surface area (Å²) < 4.78 is 5.23. The quantitative estimate of drug-likeness (QED) is 0.779. The molecule has 0 unspecified atom stereocenters. The first kappa shape index (κ1) is 16.3. The average Bonchev–Trinajstić information content (AvgIpc) is 2.54.